The Morgan fingerprint density at radius 2 is 2.17 bits per heavy atom. The molecule has 1 aliphatic heterocycles. The van der Waals surface area contributed by atoms with E-state index in [2.05, 4.69) is 15.0 Å². The molecule has 0 unspecified atom stereocenters. The molecule has 3 rings (SSSR count). The molecule has 1 fully saturated rings. The lowest BCUT2D eigenvalue weighted by molar-refractivity contribution is -0.0269. The summed E-state index contributed by atoms with van der Waals surface area (Å²) in [5.74, 6) is 0. The topological polar surface area (TPSA) is 113 Å². The van der Waals surface area contributed by atoms with Crippen molar-refractivity contribution in [2.75, 3.05) is 6.61 Å². The smallest absolute Gasteiger partial charge is 0.349 e. The Balaban J connectivity index is 1.94. The van der Waals surface area contributed by atoms with E-state index < -0.39 is 24.1 Å². The Labute approximate surface area is 131 Å². The molecule has 0 saturated carbocycles. The molecule has 2 aromatic rings. The fourth-order valence-electron chi connectivity index (χ4n) is 2.65. The second kappa shape index (κ2) is 6.62. The average molecular weight is 313 g/mol. The van der Waals surface area contributed by atoms with E-state index in [0.29, 0.717) is 6.42 Å². The highest BCUT2D eigenvalue weighted by atomic mass is 16.5. The van der Waals surface area contributed by atoms with Gasteiger partial charge < -0.3 is 9.84 Å². The summed E-state index contributed by atoms with van der Waals surface area (Å²) in [4.78, 5) is 18.7. The molecule has 3 atom stereocenters. The number of hydrogen-bond donors (Lipinski definition) is 1. The largest absolute Gasteiger partial charge is 0.394 e. The number of rotatable bonds is 4. The summed E-state index contributed by atoms with van der Waals surface area (Å²) in [6.45, 7) is -0.277. The van der Waals surface area contributed by atoms with Gasteiger partial charge in [-0.2, -0.15) is 0 Å². The van der Waals surface area contributed by atoms with Crippen molar-refractivity contribution in [3.63, 3.8) is 0 Å². The van der Waals surface area contributed by atoms with Crippen LogP contribution in [0.15, 0.2) is 52.6 Å². The van der Waals surface area contributed by atoms with Gasteiger partial charge in [-0.15, -0.1) is 0 Å². The summed E-state index contributed by atoms with van der Waals surface area (Å²) >= 11 is 0. The molecule has 1 saturated heterocycles. The van der Waals surface area contributed by atoms with Gasteiger partial charge in [-0.05, 0) is 11.1 Å². The Morgan fingerprint density at radius 1 is 1.39 bits per heavy atom. The number of benzene rings is 1. The summed E-state index contributed by atoms with van der Waals surface area (Å²) in [6.07, 6.45) is 2.25. The zero-order valence-electron chi connectivity index (χ0n) is 12.2. The SMILES string of the molecule is [N-]=[N+]=N[C@H]1C[C@H](n2cc(-c3ccccc3)cnc2=O)O[C@@H]1CO. The molecule has 1 aromatic heterocycles. The van der Waals surface area contributed by atoms with Crippen molar-refractivity contribution in [2.24, 2.45) is 5.11 Å². The molecular formula is C15H15N5O3. The zero-order valence-corrected chi connectivity index (χ0v) is 12.2. The van der Waals surface area contributed by atoms with Gasteiger partial charge in [0.25, 0.3) is 0 Å². The second-order valence-corrected chi connectivity index (χ2v) is 5.22. The van der Waals surface area contributed by atoms with Crippen molar-refractivity contribution in [3.05, 3.63) is 63.7 Å². The number of nitrogens with zero attached hydrogens (tertiary/aromatic N) is 5. The van der Waals surface area contributed by atoms with Crippen LogP contribution >= 0.6 is 0 Å². The van der Waals surface area contributed by atoms with Crippen molar-refractivity contribution < 1.29 is 9.84 Å². The molecule has 1 aromatic carbocycles. The monoisotopic (exact) mass is 313 g/mol. The van der Waals surface area contributed by atoms with E-state index in [0.717, 1.165) is 11.1 Å². The molecule has 8 heteroatoms. The molecule has 0 bridgehead atoms. The van der Waals surface area contributed by atoms with Crippen LogP contribution in [0, 0.1) is 0 Å². The molecule has 8 nitrogen and oxygen atoms in total. The summed E-state index contributed by atoms with van der Waals surface area (Å²) < 4.78 is 7.01. The summed E-state index contributed by atoms with van der Waals surface area (Å²) in [6, 6.07) is 9.03. The highest BCUT2D eigenvalue weighted by molar-refractivity contribution is 5.60. The lowest BCUT2D eigenvalue weighted by Crippen LogP contribution is -2.27. The summed E-state index contributed by atoms with van der Waals surface area (Å²) in [5.41, 5.74) is 9.84. The first-order valence-electron chi connectivity index (χ1n) is 7.17. The minimum atomic E-state index is -0.622. The quantitative estimate of drug-likeness (QED) is 0.527. The first-order valence-corrected chi connectivity index (χ1v) is 7.17. The third kappa shape index (κ3) is 3.09. The molecule has 118 valence electrons. The van der Waals surface area contributed by atoms with Crippen LogP contribution in [-0.2, 0) is 4.74 Å². The molecule has 2 heterocycles. The number of aliphatic hydroxyl groups is 1. The van der Waals surface area contributed by atoms with Crippen LogP contribution < -0.4 is 5.69 Å². The van der Waals surface area contributed by atoms with Crippen LogP contribution in [-0.4, -0.2) is 33.4 Å². The van der Waals surface area contributed by atoms with Crippen molar-refractivity contribution in [1.29, 1.82) is 0 Å². The van der Waals surface area contributed by atoms with Crippen LogP contribution in [0.5, 0.6) is 0 Å². The molecule has 0 aliphatic carbocycles. The minimum absolute atomic E-state index is 0.277. The first-order chi connectivity index (χ1) is 11.2. The molecule has 23 heavy (non-hydrogen) atoms. The normalized spacial score (nSPS) is 23.4. The van der Waals surface area contributed by atoms with Gasteiger partial charge in [0.15, 0.2) is 0 Å². The standard InChI is InChI=1S/C15H15N5O3/c16-19-18-12-6-14(23-13(12)9-21)20-8-11(7-17-15(20)22)10-4-2-1-3-5-10/h1-5,7-8,12-14,21H,6,9H2/t12-,13+,14+/m0/s1. The molecule has 0 radical (unpaired) electrons. The molecule has 0 amide bonds. The third-order valence-corrected chi connectivity index (χ3v) is 3.81. The number of aromatic nitrogens is 2. The average Bonchev–Trinajstić information content (AvgIpc) is 2.99. The van der Waals surface area contributed by atoms with E-state index in [9.17, 15) is 9.90 Å². The lowest BCUT2D eigenvalue weighted by atomic mass is 10.1. The molecular weight excluding hydrogens is 298 g/mol. The third-order valence-electron chi connectivity index (χ3n) is 3.81. The summed E-state index contributed by atoms with van der Waals surface area (Å²) in [5, 5.41) is 12.9. The molecule has 1 aliphatic rings. The maximum absolute atomic E-state index is 12.1. The van der Waals surface area contributed by atoms with E-state index in [1.165, 1.54) is 10.8 Å². The maximum Gasteiger partial charge on any atom is 0.349 e. The van der Waals surface area contributed by atoms with Gasteiger partial charge in [0.05, 0.1) is 18.8 Å². The van der Waals surface area contributed by atoms with E-state index >= 15 is 0 Å². The van der Waals surface area contributed by atoms with Crippen molar-refractivity contribution in [2.45, 2.75) is 24.8 Å². The van der Waals surface area contributed by atoms with Crippen LogP contribution in [0.3, 0.4) is 0 Å². The number of azide groups is 1. The van der Waals surface area contributed by atoms with Gasteiger partial charge in [-0.3, -0.25) is 4.57 Å². The molecule has 1 N–H and O–H groups in total. The Hall–Kier alpha value is -2.67. The number of aliphatic hydroxyl groups excluding tert-OH is 1. The van der Waals surface area contributed by atoms with Crippen molar-refractivity contribution in [3.8, 4) is 11.1 Å². The van der Waals surface area contributed by atoms with Crippen molar-refractivity contribution in [1.82, 2.24) is 9.55 Å². The first kappa shape index (κ1) is 15.2. The maximum atomic E-state index is 12.1. The minimum Gasteiger partial charge on any atom is -0.394 e. The van der Waals surface area contributed by atoms with Crippen LogP contribution in [0.2, 0.25) is 0 Å². The van der Waals surface area contributed by atoms with Crippen LogP contribution in [0.1, 0.15) is 12.6 Å². The van der Waals surface area contributed by atoms with Gasteiger partial charge in [-0.25, -0.2) is 9.78 Å². The van der Waals surface area contributed by atoms with E-state index in [-0.39, 0.29) is 6.61 Å². The highest BCUT2D eigenvalue weighted by Crippen LogP contribution is 2.30. The van der Waals surface area contributed by atoms with Gasteiger partial charge in [-0.1, -0.05) is 35.4 Å². The summed E-state index contributed by atoms with van der Waals surface area (Å²) in [7, 11) is 0. The van der Waals surface area contributed by atoms with E-state index in [4.69, 9.17) is 10.3 Å². The molecule has 0 spiro atoms. The van der Waals surface area contributed by atoms with E-state index in [1.54, 1.807) is 6.20 Å². The Bertz CT molecular complexity index is 785. The highest BCUT2D eigenvalue weighted by Gasteiger charge is 2.35. The fourth-order valence-corrected chi connectivity index (χ4v) is 2.65. The van der Waals surface area contributed by atoms with Crippen molar-refractivity contribution >= 4 is 0 Å². The second-order valence-electron chi connectivity index (χ2n) is 5.22. The zero-order chi connectivity index (χ0) is 16.2. The predicted octanol–water partition coefficient (Wildman–Crippen LogP) is 1.87. The lowest BCUT2D eigenvalue weighted by Gasteiger charge is -2.15. The number of hydrogen-bond acceptors (Lipinski definition) is 5. The van der Waals surface area contributed by atoms with E-state index in [1.807, 2.05) is 30.3 Å². The van der Waals surface area contributed by atoms with Crippen LogP contribution in [0.4, 0.5) is 0 Å². The fraction of sp³-hybridized carbons (Fsp3) is 0.333. The van der Waals surface area contributed by atoms with Gasteiger partial charge >= 0.3 is 5.69 Å². The Kier molecular flexibility index (Phi) is 4.38. The van der Waals surface area contributed by atoms with Crippen LogP contribution in [0.25, 0.3) is 21.6 Å². The van der Waals surface area contributed by atoms with Gasteiger partial charge in [0.2, 0.25) is 0 Å². The van der Waals surface area contributed by atoms with Gasteiger partial charge in [0, 0.05) is 29.3 Å². The van der Waals surface area contributed by atoms with Gasteiger partial charge in [0.1, 0.15) is 6.23 Å². The number of ether oxygens (including phenoxy) is 1. The predicted molar refractivity (Wildman–Crippen MR) is 82.5 cm³/mol. The Morgan fingerprint density at radius 3 is 2.87 bits per heavy atom.